The van der Waals surface area contributed by atoms with Gasteiger partial charge in [0.05, 0.1) is 23.9 Å². The highest BCUT2D eigenvalue weighted by Crippen LogP contribution is 2.17. The molecule has 2 aromatic carbocycles. The molecule has 0 aliphatic rings. The number of anilines is 1. The average Bonchev–Trinajstić information content (AvgIpc) is 2.78. The summed E-state index contributed by atoms with van der Waals surface area (Å²) in [6.45, 7) is 3.23. The number of amides is 1. The SMILES string of the molecule is CC(C)n1nc(C(=O)OCC(=O)N(CCC#N)c2ccccc2)c2ccccc2c1=O. The monoisotopic (exact) mass is 418 g/mol. The van der Waals surface area contributed by atoms with Crippen LogP contribution in [0.25, 0.3) is 10.8 Å². The Morgan fingerprint density at radius 2 is 1.74 bits per heavy atom. The summed E-state index contributed by atoms with van der Waals surface area (Å²) in [6.07, 6.45) is 0.139. The second-order valence-corrected chi connectivity index (χ2v) is 7.10. The average molecular weight is 418 g/mol. The van der Waals surface area contributed by atoms with Gasteiger partial charge in [0.1, 0.15) is 0 Å². The summed E-state index contributed by atoms with van der Waals surface area (Å²) in [5.41, 5.74) is 0.278. The number of benzene rings is 2. The van der Waals surface area contributed by atoms with Crippen LogP contribution in [0, 0.1) is 11.3 Å². The summed E-state index contributed by atoms with van der Waals surface area (Å²) in [7, 11) is 0. The van der Waals surface area contributed by atoms with Crippen molar-refractivity contribution in [3.05, 3.63) is 70.6 Å². The van der Waals surface area contributed by atoms with E-state index in [4.69, 9.17) is 10.00 Å². The van der Waals surface area contributed by atoms with Gasteiger partial charge in [0.15, 0.2) is 12.3 Å². The van der Waals surface area contributed by atoms with Crippen molar-refractivity contribution in [1.82, 2.24) is 9.78 Å². The quantitative estimate of drug-likeness (QED) is 0.546. The molecule has 0 fully saturated rings. The predicted molar refractivity (Wildman–Crippen MR) is 116 cm³/mol. The molecule has 8 nitrogen and oxygen atoms in total. The first-order valence-corrected chi connectivity index (χ1v) is 9.85. The number of rotatable bonds is 7. The van der Waals surface area contributed by atoms with E-state index >= 15 is 0 Å². The number of carbonyl (C=O) groups is 2. The summed E-state index contributed by atoms with van der Waals surface area (Å²) < 4.78 is 6.49. The van der Waals surface area contributed by atoms with Crippen molar-refractivity contribution in [2.24, 2.45) is 0 Å². The van der Waals surface area contributed by atoms with E-state index in [9.17, 15) is 14.4 Å². The fourth-order valence-corrected chi connectivity index (χ4v) is 3.15. The minimum atomic E-state index is -0.799. The number of fused-ring (bicyclic) bond motifs is 1. The largest absolute Gasteiger partial charge is 0.451 e. The molecule has 0 atom stereocenters. The molecule has 1 aromatic heterocycles. The number of esters is 1. The molecule has 3 aromatic rings. The van der Waals surface area contributed by atoms with Crippen LogP contribution >= 0.6 is 0 Å². The zero-order chi connectivity index (χ0) is 22.4. The Balaban J connectivity index is 1.85. The van der Waals surface area contributed by atoms with Gasteiger partial charge in [0.2, 0.25) is 0 Å². The summed E-state index contributed by atoms with van der Waals surface area (Å²) >= 11 is 0. The number of hydrogen-bond acceptors (Lipinski definition) is 6. The van der Waals surface area contributed by atoms with E-state index in [1.807, 2.05) is 12.1 Å². The van der Waals surface area contributed by atoms with Crippen LogP contribution < -0.4 is 10.5 Å². The van der Waals surface area contributed by atoms with Crippen LogP contribution in [-0.4, -0.2) is 34.8 Å². The summed E-state index contributed by atoms with van der Waals surface area (Å²) in [6, 6.07) is 17.3. The molecule has 0 saturated heterocycles. The minimum absolute atomic E-state index is 0.0278. The lowest BCUT2D eigenvalue weighted by Crippen LogP contribution is -2.36. The molecule has 31 heavy (non-hydrogen) atoms. The molecule has 8 heteroatoms. The molecule has 0 aliphatic carbocycles. The first-order valence-electron chi connectivity index (χ1n) is 9.85. The third kappa shape index (κ3) is 4.78. The smallest absolute Gasteiger partial charge is 0.359 e. The van der Waals surface area contributed by atoms with Gasteiger partial charge >= 0.3 is 5.97 Å². The highest BCUT2D eigenvalue weighted by atomic mass is 16.5. The maximum atomic E-state index is 12.8. The van der Waals surface area contributed by atoms with Crippen LogP contribution in [-0.2, 0) is 9.53 Å². The Hall–Kier alpha value is -3.99. The van der Waals surface area contributed by atoms with E-state index < -0.39 is 18.5 Å². The fourth-order valence-electron chi connectivity index (χ4n) is 3.15. The highest BCUT2D eigenvalue weighted by Gasteiger charge is 2.22. The second kappa shape index (κ2) is 9.67. The van der Waals surface area contributed by atoms with Crippen molar-refractivity contribution in [2.45, 2.75) is 26.3 Å². The van der Waals surface area contributed by atoms with Crippen molar-refractivity contribution >= 4 is 28.3 Å². The molecule has 0 spiro atoms. The van der Waals surface area contributed by atoms with E-state index in [1.165, 1.54) is 9.58 Å². The molecule has 158 valence electrons. The Bertz CT molecular complexity index is 1200. The molecule has 1 heterocycles. The summed E-state index contributed by atoms with van der Waals surface area (Å²) in [4.78, 5) is 39.6. The van der Waals surface area contributed by atoms with Gasteiger partial charge in [-0.15, -0.1) is 0 Å². The fraction of sp³-hybridized carbons (Fsp3) is 0.261. The molecule has 1 amide bonds. The van der Waals surface area contributed by atoms with Gasteiger partial charge in [-0.2, -0.15) is 10.4 Å². The lowest BCUT2D eigenvalue weighted by molar-refractivity contribution is -0.121. The summed E-state index contributed by atoms with van der Waals surface area (Å²) in [5.74, 6) is -1.26. The lowest BCUT2D eigenvalue weighted by Gasteiger charge is -2.21. The number of aromatic nitrogens is 2. The van der Waals surface area contributed by atoms with E-state index in [2.05, 4.69) is 5.10 Å². The standard InChI is InChI=1S/C23H22N4O4/c1-16(2)27-22(29)19-12-7-6-11-18(19)21(25-27)23(30)31-15-20(28)26(14-8-13-24)17-9-4-3-5-10-17/h3-7,9-12,16H,8,14-15H2,1-2H3. The molecular weight excluding hydrogens is 396 g/mol. The van der Waals surface area contributed by atoms with Crippen LogP contribution in [0.2, 0.25) is 0 Å². The number of nitriles is 1. The maximum Gasteiger partial charge on any atom is 0.359 e. The predicted octanol–water partition coefficient (Wildman–Crippen LogP) is 3.08. The maximum absolute atomic E-state index is 12.8. The Kier molecular flexibility index (Phi) is 6.78. The van der Waals surface area contributed by atoms with Crippen molar-refractivity contribution < 1.29 is 14.3 Å². The third-order valence-corrected chi connectivity index (χ3v) is 4.65. The van der Waals surface area contributed by atoms with E-state index in [0.717, 1.165) is 0 Å². The van der Waals surface area contributed by atoms with Gasteiger partial charge in [-0.05, 0) is 32.0 Å². The van der Waals surface area contributed by atoms with Crippen LogP contribution in [0.15, 0.2) is 59.4 Å². The molecule has 0 radical (unpaired) electrons. The van der Waals surface area contributed by atoms with Crippen molar-refractivity contribution in [1.29, 1.82) is 5.26 Å². The zero-order valence-electron chi connectivity index (χ0n) is 17.3. The van der Waals surface area contributed by atoms with Crippen LogP contribution in [0.5, 0.6) is 0 Å². The number of nitrogens with zero attached hydrogens (tertiary/aromatic N) is 4. The molecule has 0 unspecified atom stereocenters. The molecule has 0 bridgehead atoms. The molecule has 0 N–H and O–H groups in total. The van der Waals surface area contributed by atoms with E-state index in [-0.39, 0.29) is 30.3 Å². The number of para-hydroxylation sites is 1. The molecule has 0 saturated carbocycles. The minimum Gasteiger partial charge on any atom is -0.451 e. The lowest BCUT2D eigenvalue weighted by atomic mass is 10.1. The Labute approximate surface area is 179 Å². The van der Waals surface area contributed by atoms with Crippen molar-refractivity contribution in [3.63, 3.8) is 0 Å². The van der Waals surface area contributed by atoms with Crippen LogP contribution in [0.4, 0.5) is 5.69 Å². The number of ether oxygens (including phenoxy) is 1. The Morgan fingerprint density at radius 1 is 1.10 bits per heavy atom. The van der Waals surface area contributed by atoms with Gasteiger partial charge in [-0.25, -0.2) is 9.48 Å². The van der Waals surface area contributed by atoms with Gasteiger partial charge < -0.3 is 9.64 Å². The molecular formula is C23H22N4O4. The van der Waals surface area contributed by atoms with Crippen molar-refractivity contribution in [3.8, 4) is 6.07 Å². The van der Waals surface area contributed by atoms with Gasteiger partial charge in [-0.3, -0.25) is 9.59 Å². The number of carbonyl (C=O) groups excluding carboxylic acids is 2. The van der Waals surface area contributed by atoms with Gasteiger partial charge in [0.25, 0.3) is 11.5 Å². The molecule has 3 rings (SSSR count). The molecule has 0 aliphatic heterocycles. The first-order chi connectivity index (χ1) is 14.9. The summed E-state index contributed by atoms with van der Waals surface area (Å²) in [5, 5.41) is 13.8. The van der Waals surface area contributed by atoms with Gasteiger partial charge in [-0.1, -0.05) is 36.4 Å². The zero-order valence-corrected chi connectivity index (χ0v) is 17.3. The topological polar surface area (TPSA) is 105 Å². The first kappa shape index (κ1) is 21.7. The van der Waals surface area contributed by atoms with Crippen LogP contribution in [0.3, 0.4) is 0 Å². The number of hydrogen-bond donors (Lipinski definition) is 0. The Morgan fingerprint density at radius 3 is 2.39 bits per heavy atom. The van der Waals surface area contributed by atoms with E-state index in [0.29, 0.717) is 16.5 Å². The normalized spacial score (nSPS) is 10.6. The van der Waals surface area contributed by atoms with E-state index in [1.54, 1.807) is 62.4 Å². The third-order valence-electron chi connectivity index (χ3n) is 4.65. The van der Waals surface area contributed by atoms with Crippen LogP contribution in [0.1, 0.15) is 36.8 Å². The second-order valence-electron chi connectivity index (χ2n) is 7.10. The highest BCUT2D eigenvalue weighted by molar-refractivity contribution is 6.03. The van der Waals surface area contributed by atoms with Gasteiger partial charge in [0, 0.05) is 17.6 Å². The van der Waals surface area contributed by atoms with Crippen molar-refractivity contribution in [2.75, 3.05) is 18.1 Å².